The summed E-state index contributed by atoms with van der Waals surface area (Å²) in [5.41, 5.74) is 2.02. The molecule has 0 atom stereocenters. The molecule has 0 spiro atoms. The first kappa shape index (κ1) is 13.3. The molecule has 100 valence electrons. The van der Waals surface area contributed by atoms with Crippen LogP contribution in [0.25, 0.3) is 0 Å². The SMILES string of the molecule is O=C1C(=O)N(Cc2ccc(Cl)cc2)c2ccc(Br)cc21. The molecule has 0 aliphatic carbocycles. The third kappa shape index (κ3) is 2.25. The van der Waals surface area contributed by atoms with E-state index < -0.39 is 11.7 Å². The molecular formula is C15H9BrClNO2. The van der Waals surface area contributed by atoms with E-state index in [9.17, 15) is 9.59 Å². The van der Waals surface area contributed by atoms with Crippen molar-refractivity contribution >= 4 is 44.9 Å². The number of ketones is 1. The van der Waals surface area contributed by atoms with E-state index in [4.69, 9.17) is 11.6 Å². The van der Waals surface area contributed by atoms with Crippen molar-refractivity contribution in [2.75, 3.05) is 4.90 Å². The lowest BCUT2D eigenvalue weighted by atomic mass is 10.1. The predicted molar refractivity (Wildman–Crippen MR) is 81.1 cm³/mol. The van der Waals surface area contributed by atoms with Crippen LogP contribution in [0.1, 0.15) is 15.9 Å². The number of Topliss-reactive ketones (excluding diaryl/α,β-unsaturated/α-hetero) is 1. The maximum Gasteiger partial charge on any atom is 0.299 e. The minimum absolute atomic E-state index is 0.358. The van der Waals surface area contributed by atoms with Crippen molar-refractivity contribution in [3.63, 3.8) is 0 Å². The van der Waals surface area contributed by atoms with Gasteiger partial charge in [-0.15, -0.1) is 0 Å². The summed E-state index contributed by atoms with van der Waals surface area (Å²) in [6.07, 6.45) is 0. The Hall–Kier alpha value is -1.65. The fraction of sp³-hybridized carbons (Fsp3) is 0.0667. The maximum absolute atomic E-state index is 12.1. The summed E-state index contributed by atoms with van der Waals surface area (Å²) in [6, 6.07) is 12.5. The van der Waals surface area contributed by atoms with E-state index in [1.54, 1.807) is 24.3 Å². The quantitative estimate of drug-likeness (QED) is 0.772. The summed E-state index contributed by atoms with van der Waals surface area (Å²) in [5.74, 6) is -0.955. The van der Waals surface area contributed by atoms with Gasteiger partial charge in [-0.1, -0.05) is 39.7 Å². The second-order valence-electron chi connectivity index (χ2n) is 4.51. The average Bonchev–Trinajstić information content (AvgIpc) is 2.66. The molecule has 0 N–H and O–H groups in total. The van der Waals surface area contributed by atoms with Gasteiger partial charge in [0.25, 0.3) is 11.7 Å². The smallest absolute Gasteiger partial charge is 0.299 e. The zero-order valence-corrected chi connectivity index (χ0v) is 12.6. The van der Waals surface area contributed by atoms with Crippen molar-refractivity contribution in [3.8, 4) is 0 Å². The highest BCUT2D eigenvalue weighted by molar-refractivity contribution is 9.10. The first-order valence-electron chi connectivity index (χ1n) is 5.96. The summed E-state index contributed by atoms with van der Waals surface area (Å²) in [6.45, 7) is 0.358. The van der Waals surface area contributed by atoms with Crippen LogP contribution in [0.4, 0.5) is 5.69 Å². The molecule has 0 bridgehead atoms. The molecule has 0 radical (unpaired) electrons. The van der Waals surface area contributed by atoms with E-state index in [0.29, 0.717) is 22.8 Å². The van der Waals surface area contributed by atoms with Crippen LogP contribution in [0.3, 0.4) is 0 Å². The molecule has 1 aliphatic rings. The van der Waals surface area contributed by atoms with Gasteiger partial charge in [0.05, 0.1) is 17.8 Å². The molecule has 0 fully saturated rings. The van der Waals surface area contributed by atoms with Gasteiger partial charge in [-0.05, 0) is 35.9 Å². The summed E-state index contributed by atoms with van der Waals surface area (Å²) in [5, 5.41) is 0.641. The van der Waals surface area contributed by atoms with E-state index in [1.165, 1.54) is 4.90 Å². The largest absolute Gasteiger partial charge is 0.300 e. The van der Waals surface area contributed by atoms with Crippen LogP contribution in [0.5, 0.6) is 0 Å². The highest BCUT2D eigenvalue weighted by atomic mass is 79.9. The Bertz CT molecular complexity index is 712. The summed E-state index contributed by atoms with van der Waals surface area (Å²) >= 11 is 9.15. The number of benzene rings is 2. The summed E-state index contributed by atoms with van der Waals surface area (Å²) in [7, 11) is 0. The number of amides is 1. The molecule has 2 aromatic rings. The highest BCUT2D eigenvalue weighted by Gasteiger charge is 2.35. The van der Waals surface area contributed by atoms with E-state index in [0.717, 1.165) is 10.0 Å². The Balaban J connectivity index is 1.97. The third-order valence-corrected chi connectivity index (χ3v) is 3.93. The standard InChI is InChI=1S/C15H9BrClNO2/c16-10-3-6-13-12(7-10)14(19)15(20)18(13)8-9-1-4-11(17)5-2-9/h1-7H,8H2. The Kier molecular flexibility index (Phi) is 3.36. The molecule has 0 unspecified atom stereocenters. The normalized spacial score (nSPS) is 13.8. The molecule has 3 rings (SSSR count). The predicted octanol–water partition coefficient (Wildman–Crippen LogP) is 3.83. The molecule has 1 heterocycles. The van der Waals surface area contributed by atoms with Gasteiger partial charge < -0.3 is 4.90 Å². The van der Waals surface area contributed by atoms with Crippen molar-refractivity contribution < 1.29 is 9.59 Å². The third-order valence-electron chi connectivity index (χ3n) is 3.19. The van der Waals surface area contributed by atoms with E-state index in [1.807, 2.05) is 18.2 Å². The Labute approximate surface area is 129 Å². The average molecular weight is 351 g/mol. The van der Waals surface area contributed by atoms with E-state index in [-0.39, 0.29) is 0 Å². The summed E-state index contributed by atoms with van der Waals surface area (Å²) in [4.78, 5) is 25.5. The number of anilines is 1. The number of halogens is 2. The molecule has 5 heteroatoms. The van der Waals surface area contributed by atoms with Gasteiger partial charge in [0.1, 0.15) is 0 Å². The minimum atomic E-state index is -0.493. The lowest BCUT2D eigenvalue weighted by Gasteiger charge is -2.16. The van der Waals surface area contributed by atoms with Crippen LogP contribution in [-0.2, 0) is 11.3 Å². The van der Waals surface area contributed by atoms with E-state index in [2.05, 4.69) is 15.9 Å². The van der Waals surface area contributed by atoms with Gasteiger partial charge in [0.15, 0.2) is 0 Å². The number of rotatable bonds is 2. The van der Waals surface area contributed by atoms with Crippen molar-refractivity contribution in [2.45, 2.75) is 6.54 Å². The highest BCUT2D eigenvalue weighted by Crippen LogP contribution is 2.32. The Morgan fingerprint density at radius 2 is 1.75 bits per heavy atom. The maximum atomic E-state index is 12.1. The van der Waals surface area contributed by atoms with Crippen LogP contribution < -0.4 is 4.90 Å². The van der Waals surface area contributed by atoms with Crippen molar-refractivity contribution in [3.05, 3.63) is 63.1 Å². The second kappa shape index (κ2) is 5.04. The molecule has 3 nitrogen and oxygen atoms in total. The monoisotopic (exact) mass is 349 g/mol. The van der Waals surface area contributed by atoms with Gasteiger partial charge in [-0.25, -0.2) is 0 Å². The summed E-state index contributed by atoms with van der Waals surface area (Å²) < 4.78 is 0.783. The number of hydrogen-bond donors (Lipinski definition) is 0. The first-order valence-corrected chi connectivity index (χ1v) is 7.13. The molecule has 2 aromatic carbocycles. The Morgan fingerprint density at radius 1 is 1.05 bits per heavy atom. The number of carbonyl (C=O) groups excluding carboxylic acids is 2. The van der Waals surface area contributed by atoms with Crippen molar-refractivity contribution in [2.24, 2.45) is 0 Å². The minimum Gasteiger partial charge on any atom is -0.300 e. The molecule has 0 saturated carbocycles. The zero-order valence-electron chi connectivity index (χ0n) is 10.3. The first-order chi connectivity index (χ1) is 9.56. The topological polar surface area (TPSA) is 37.4 Å². The number of carbonyl (C=O) groups is 2. The van der Waals surface area contributed by atoms with Crippen LogP contribution in [-0.4, -0.2) is 11.7 Å². The van der Waals surface area contributed by atoms with Crippen molar-refractivity contribution in [1.82, 2.24) is 0 Å². The van der Waals surface area contributed by atoms with Gasteiger partial charge in [-0.3, -0.25) is 9.59 Å². The van der Waals surface area contributed by atoms with E-state index >= 15 is 0 Å². The zero-order chi connectivity index (χ0) is 14.3. The molecular weight excluding hydrogens is 342 g/mol. The lowest BCUT2D eigenvalue weighted by molar-refractivity contribution is -0.114. The fourth-order valence-corrected chi connectivity index (χ4v) is 2.69. The number of nitrogens with zero attached hydrogens (tertiary/aromatic N) is 1. The Morgan fingerprint density at radius 3 is 2.45 bits per heavy atom. The van der Waals surface area contributed by atoms with Crippen molar-refractivity contribution in [1.29, 1.82) is 0 Å². The van der Waals surface area contributed by atoms with Crippen LogP contribution >= 0.6 is 27.5 Å². The van der Waals surface area contributed by atoms with Crippen LogP contribution in [0.15, 0.2) is 46.9 Å². The van der Waals surface area contributed by atoms with Gasteiger partial charge in [-0.2, -0.15) is 0 Å². The van der Waals surface area contributed by atoms with Gasteiger partial charge in [0, 0.05) is 9.50 Å². The number of hydrogen-bond acceptors (Lipinski definition) is 2. The molecule has 1 aliphatic heterocycles. The molecule has 20 heavy (non-hydrogen) atoms. The van der Waals surface area contributed by atoms with Gasteiger partial charge >= 0.3 is 0 Å². The molecule has 0 aromatic heterocycles. The fourth-order valence-electron chi connectivity index (χ4n) is 2.20. The second-order valence-corrected chi connectivity index (χ2v) is 5.86. The molecule has 0 saturated heterocycles. The lowest BCUT2D eigenvalue weighted by Crippen LogP contribution is -2.29. The van der Waals surface area contributed by atoms with Crippen LogP contribution in [0.2, 0.25) is 5.02 Å². The van der Waals surface area contributed by atoms with Crippen LogP contribution in [0, 0.1) is 0 Å². The van der Waals surface area contributed by atoms with Gasteiger partial charge in [0.2, 0.25) is 0 Å². The number of fused-ring (bicyclic) bond motifs is 1. The molecule has 1 amide bonds.